The molecule has 0 radical (unpaired) electrons. The third-order valence-corrected chi connectivity index (χ3v) is 5.19. The van der Waals surface area contributed by atoms with E-state index in [-0.39, 0.29) is 17.1 Å². The SMILES string of the molecule is Cc1ccc(Nc2c(F)cccc2Cl)c(CC(=O)O[C@H]2O[C@H](C(=O)O)[C@@H](O)[C@@H](O)[C@H]2O)c1. The van der Waals surface area contributed by atoms with Gasteiger partial charge >= 0.3 is 11.9 Å². The Hall–Kier alpha value is -2.76. The molecule has 9 nitrogen and oxygen atoms in total. The molecule has 2 aromatic rings. The Labute approximate surface area is 187 Å². The molecule has 0 saturated carbocycles. The summed E-state index contributed by atoms with van der Waals surface area (Å²) in [5, 5.41) is 41.6. The largest absolute Gasteiger partial charge is 0.479 e. The van der Waals surface area contributed by atoms with Crippen molar-refractivity contribution in [3.63, 3.8) is 0 Å². The second-order valence-electron chi connectivity index (χ2n) is 7.28. The highest BCUT2D eigenvalue weighted by Gasteiger charge is 2.48. The molecule has 1 fully saturated rings. The van der Waals surface area contributed by atoms with Crippen LogP contribution in [0.4, 0.5) is 15.8 Å². The number of rotatable bonds is 6. The van der Waals surface area contributed by atoms with Gasteiger partial charge in [-0.2, -0.15) is 0 Å². The maximum atomic E-state index is 14.2. The first-order chi connectivity index (χ1) is 15.1. The minimum Gasteiger partial charge on any atom is -0.479 e. The summed E-state index contributed by atoms with van der Waals surface area (Å²) in [6.07, 6.45) is -9.75. The summed E-state index contributed by atoms with van der Waals surface area (Å²) in [6, 6.07) is 9.16. The van der Waals surface area contributed by atoms with Crippen LogP contribution in [0.2, 0.25) is 5.02 Å². The Morgan fingerprint density at radius 1 is 1.16 bits per heavy atom. The molecular weight excluding hydrogens is 449 g/mol. The minimum atomic E-state index is -1.91. The zero-order valence-corrected chi connectivity index (χ0v) is 17.5. The van der Waals surface area contributed by atoms with E-state index in [0.29, 0.717) is 11.3 Å². The first kappa shape index (κ1) is 23.9. The van der Waals surface area contributed by atoms with Crippen molar-refractivity contribution in [1.82, 2.24) is 0 Å². The third-order valence-electron chi connectivity index (χ3n) is 4.88. The lowest BCUT2D eigenvalue weighted by molar-refractivity contribution is -0.286. The number of hydrogen-bond donors (Lipinski definition) is 5. The van der Waals surface area contributed by atoms with Crippen molar-refractivity contribution in [3.05, 3.63) is 58.4 Å². The summed E-state index contributed by atoms with van der Waals surface area (Å²) in [5.74, 6) is -3.12. The Morgan fingerprint density at radius 2 is 1.88 bits per heavy atom. The summed E-state index contributed by atoms with van der Waals surface area (Å²) in [4.78, 5) is 23.7. The van der Waals surface area contributed by atoms with E-state index in [1.807, 2.05) is 0 Å². The lowest BCUT2D eigenvalue weighted by Crippen LogP contribution is -2.60. The van der Waals surface area contributed by atoms with E-state index >= 15 is 0 Å². The number of anilines is 2. The molecule has 5 N–H and O–H groups in total. The summed E-state index contributed by atoms with van der Waals surface area (Å²) in [7, 11) is 0. The number of esters is 1. The van der Waals surface area contributed by atoms with Crippen molar-refractivity contribution >= 4 is 34.9 Å². The minimum absolute atomic E-state index is 0.0140. The molecule has 0 aromatic heterocycles. The van der Waals surface area contributed by atoms with E-state index in [9.17, 15) is 29.3 Å². The zero-order valence-electron chi connectivity index (χ0n) is 16.7. The van der Waals surface area contributed by atoms with Gasteiger partial charge in [-0.3, -0.25) is 4.79 Å². The third kappa shape index (κ3) is 5.17. The number of hydrogen-bond acceptors (Lipinski definition) is 8. The summed E-state index contributed by atoms with van der Waals surface area (Å²) in [5.41, 5.74) is 1.56. The molecule has 0 amide bonds. The van der Waals surface area contributed by atoms with Gasteiger partial charge in [0.15, 0.2) is 6.10 Å². The van der Waals surface area contributed by atoms with Gasteiger partial charge in [-0.15, -0.1) is 0 Å². The number of aliphatic carboxylic acids is 1. The van der Waals surface area contributed by atoms with Crippen molar-refractivity contribution in [2.24, 2.45) is 0 Å². The molecule has 0 unspecified atom stereocenters. The van der Waals surface area contributed by atoms with E-state index in [2.05, 4.69) is 5.32 Å². The number of ether oxygens (including phenoxy) is 2. The van der Waals surface area contributed by atoms with Crippen LogP contribution in [0, 0.1) is 12.7 Å². The Morgan fingerprint density at radius 3 is 2.53 bits per heavy atom. The first-order valence-electron chi connectivity index (χ1n) is 9.51. The number of carbonyl (C=O) groups is 2. The predicted octanol–water partition coefficient (Wildman–Crippen LogP) is 1.51. The molecule has 0 aliphatic carbocycles. The van der Waals surface area contributed by atoms with E-state index in [1.165, 1.54) is 18.2 Å². The summed E-state index contributed by atoms with van der Waals surface area (Å²) in [6.45, 7) is 1.78. The number of aryl methyl sites for hydroxylation is 1. The highest BCUT2D eigenvalue weighted by molar-refractivity contribution is 6.33. The average Bonchev–Trinajstić information content (AvgIpc) is 2.72. The van der Waals surface area contributed by atoms with Crippen molar-refractivity contribution in [2.75, 3.05) is 5.32 Å². The van der Waals surface area contributed by atoms with E-state index in [4.69, 9.17) is 26.2 Å². The Kier molecular flexibility index (Phi) is 7.32. The van der Waals surface area contributed by atoms with Crippen LogP contribution >= 0.6 is 11.6 Å². The molecular formula is C21H21ClFNO8. The standard InChI is InChI=1S/C21H21ClFNO8/c1-9-5-6-13(24-15-11(22)3-2-4-12(15)23)10(7-9)8-14(25)31-21-18(28)16(26)17(27)19(32-21)20(29)30/h2-7,16-19,21,24,26-28H,8H2,1H3,(H,29,30)/t16-,17+,18-,19+,21+/m1/s1. The van der Waals surface area contributed by atoms with Crippen molar-refractivity contribution < 1.29 is 43.9 Å². The molecule has 3 rings (SSSR count). The predicted molar refractivity (Wildman–Crippen MR) is 110 cm³/mol. The van der Waals surface area contributed by atoms with Crippen LogP contribution < -0.4 is 5.32 Å². The fraction of sp³-hybridized carbons (Fsp3) is 0.333. The second kappa shape index (κ2) is 9.80. The summed E-state index contributed by atoms with van der Waals surface area (Å²) >= 11 is 6.05. The van der Waals surface area contributed by atoms with E-state index in [0.717, 1.165) is 5.56 Å². The molecule has 5 atom stereocenters. The van der Waals surface area contributed by atoms with Gasteiger partial charge in [0.2, 0.25) is 6.29 Å². The molecule has 1 heterocycles. The van der Waals surface area contributed by atoms with Gasteiger partial charge in [-0.05, 0) is 30.7 Å². The fourth-order valence-electron chi connectivity index (χ4n) is 3.22. The average molecular weight is 470 g/mol. The van der Waals surface area contributed by atoms with Gasteiger partial charge in [-0.1, -0.05) is 35.4 Å². The van der Waals surface area contributed by atoms with E-state index in [1.54, 1.807) is 25.1 Å². The topological polar surface area (TPSA) is 146 Å². The van der Waals surface area contributed by atoms with Crippen LogP contribution in [0.1, 0.15) is 11.1 Å². The quantitative estimate of drug-likeness (QED) is 0.397. The number of carbonyl (C=O) groups excluding carboxylic acids is 1. The fourth-order valence-corrected chi connectivity index (χ4v) is 3.43. The number of para-hydroxylation sites is 1. The number of aliphatic hydroxyl groups excluding tert-OH is 3. The highest BCUT2D eigenvalue weighted by atomic mass is 35.5. The zero-order chi connectivity index (χ0) is 23.6. The number of benzene rings is 2. The lowest BCUT2D eigenvalue weighted by Gasteiger charge is -2.37. The Bertz CT molecular complexity index is 999. The van der Waals surface area contributed by atoms with Gasteiger partial charge in [0.1, 0.15) is 24.1 Å². The monoisotopic (exact) mass is 469 g/mol. The van der Waals surface area contributed by atoms with Crippen LogP contribution in [0.5, 0.6) is 0 Å². The number of aliphatic hydroxyl groups is 3. The second-order valence-corrected chi connectivity index (χ2v) is 7.69. The molecule has 172 valence electrons. The summed E-state index contributed by atoms with van der Waals surface area (Å²) < 4.78 is 24.1. The van der Waals surface area contributed by atoms with Crippen molar-refractivity contribution in [2.45, 2.75) is 44.1 Å². The lowest BCUT2D eigenvalue weighted by atomic mass is 9.99. The van der Waals surface area contributed by atoms with Gasteiger partial charge < -0.3 is 35.2 Å². The normalized spacial score (nSPS) is 25.2. The van der Waals surface area contributed by atoms with E-state index < -0.39 is 48.5 Å². The van der Waals surface area contributed by atoms with Gasteiger partial charge in [0, 0.05) is 5.69 Å². The van der Waals surface area contributed by atoms with Crippen LogP contribution in [0.25, 0.3) is 0 Å². The van der Waals surface area contributed by atoms with Crippen molar-refractivity contribution in [1.29, 1.82) is 0 Å². The van der Waals surface area contributed by atoms with Crippen LogP contribution in [0.15, 0.2) is 36.4 Å². The number of halogens is 2. The highest BCUT2D eigenvalue weighted by Crippen LogP contribution is 2.31. The maximum Gasteiger partial charge on any atom is 0.335 e. The number of carboxylic acids is 1. The molecule has 2 aromatic carbocycles. The molecule has 32 heavy (non-hydrogen) atoms. The first-order valence-corrected chi connectivity index (χ1v) is 9.88. The molecule has 0 spiro atoms. The van der Waals surface area contributed by atoms with Crippen LogP contribution in [-0.4, -0.2) is 63.1 Å². The van der Waals surface area contributed by atoms with Crippen LogP contribution in [-0.2, 0) is 25.5 Å². The number of nitrogens with one attached hydrogen (secondary N) is 1. The molecule has 0 bridgehead atoms. The molecule has 1 aliphatic rings. The van der Waals surface area contributed by atoms with Gasteiger partial charge in [-0.25, -0.2) is 9.18 Å². The molecule has 11 heteroatoms. The molecule has 1 saturated heterocycles. The van der Waals surface area contributed by atoms with Crippen LogP contribution in [0.3, 0.4) is 0 Å². The van der Waals surface area contributed by atoms with Gasteiger partial charge in [0.25, 0.3) is 0 Å². The number of carboxylic acid groups (broad SMARTS) is 1. The van der Waals surface area contributed by atoms with Gasteiger partial charge in [0.05, 0.1) is 17.1 Å². The maximum absolute atomic E-state index is 14.2. The van der Waals surface area contributed by atoms with Crippen molar-refractivity contribution in [3.8, 4) is 0 Å². The smallest absolute Gasteiger partial charge is 0.335 e. The molecule has 1 aliphatic heterocycles. The Balaban J connectivity index is 1.78.